The van der Waals surface area contributed by atoms with Crippen LogP contribution in [0.25, 0.3) is 0 Å². The molecule has 0 saturated heterocycles. The first kappa shape index (κ1) is 17.4. The van der Waals surface area contributed by atoms with Crippen LogP contribution in [0.2, 0.25) is 0 Å². The molecule has 20 heavy (non-hydrogen) atoms. The van der Waals surface area contributed by atoms with Crippen LogP contribution in [0, 0.1) is 0 Å². The standard InChI is InChI=1S/C13H21BrN2O3S/c1-3-7-15-8-9-16-20(17,18)13-10-11(14)5-6-12(13)19-4-2/h5-6,10,15-16H,3-4,7-9H2,1-2H3. The summed E-state index contributed by atoms with van der Waals surface area (Å²) in [5.74, 6) is 0.365. The average molecular weight is 365 g/mol. The van der Waals surface area contributed by atoms with Crippen LogP contribution in [0.3, 0.4) is 0 Å². The van der Waals surface area contributed by atoms with Crippen molar-refractivity contribution in [3.63, 3.8) is 0 Å². The summed E-state index contributed by atoms with van der Waals surface area (Å²) in [6.07, 6.45) is 1.02. The second kappa shape index (κ2) is 8.61. The molecule has 5 nitrogen and oxygen atoms in total. The van der Waals surface area contributed by atoms with Crippen molar-refractivity contribution in [1.29, 1.82) is 0 Å². The molecule has 0 heterocycles. The van der Waals surface area contributed by atoms with E-state index in [4.69, 9.17) is 4.74 Å². The van der Waals surface area contributed by atoms with Crippen LogP contribution < -0.4 is 14.8 Å². The van der Waals surface area contributed by atoms with E-state index in [9.17, 15) is 8.42 Å². The van der Waals surface area contributed by atoms with Crippen molar-refractivity contribution < 1.29 is 13.2 Å². The zero-order valence-electron chi connectivity index (χ0n) is 11.8. The Hall–Kier alpha value is -0.630. The fraction of sp³-hybridized carbons (Fsp3) is 0.538. The Bertz CT molecular complexity index is 520. The van der Waals surface area contributed by atoms with E-state index >= 15 is 0 Å². The van der Waals surface area contributed by atoms with Gasteiger partial charge in [0.05, 0.1) is 6.61 Å². The third kappa shape index (κ3) is 5.40. The molecule has 1 aromatic rings. The van der Waals surface area contributed by atoms with E-state index in [1.54, 1.807) is 18.2 Å². The highest BCUT2D eigenvalue weighted by molar-refractivity contribution is 9.10. The van der Waals surface area contributed by atoms with Gasteiger partial charge in [-0.05, 0) is 38.1 Å². The Morgan fingerprint density at radius 2 is 1.95 bits per heavy atom. The third-order valence-electron chi connectivity index (χ3n) is 2.52. The molecule has 1 rings (SSSR count). The molecule has 0 aliphatic heterocycles. The van der Waals surface area contributed by atoms with Gasteiger partial charge in [0.25, 0.3) is 0 Å². The first-order valence-corrected chi connectivity index (χ1v) is 8.91. The number of rotatable bonds is 9. The van der Waals surface area contributed by atoms with Crippen molar-refractivity contribution in [2.24, 2.45) is 0 Å². The Labute approximate surface area is 129 Å². The second-order valence-corrected chi connectivity index (χ2v) is 6.82. The Morgan fingerprint density at radius 3 is 2.60 bits per heavy atom. The minimum absolute atomic E-state index is 0.157. The van der Waals surface area contributed by atoms with E-state index in [-0.39, 0.29) is 4.90 Å². The smallest absolute Gasteiger partial charge is 0.244 e. The van der Waals surface area contributed by atoms with Gasteiger partial charge in [-0.1, -0.05) is 22.9 Å². The normalized spacial score (nSPS) is 11.6. The lowest BCUT2D eigenvalue weighted by Gasteiger charge is -2.12. The van der Waals surface area contributed by atoms with Crippen molar-refractivity contribution in [3.8, 4) is 5.75 Å². The van der Waals surface area contributed by atoms with E-state index in [0.29, 0.717) is 29.9 Å². The van der Waals surface area contributed by atoms with Gasteiger partial charge in [0, 0.05) is 17.6 Å². The molecule has 0 atom stereocenters. The molecular weight excluding hydrogens is 344 g/mol. The summed E-state index contributed by atoms with van der Waals surface area (Å²) in [6, 6.07) is 4.96. The fourth-order valence-corrected chi connectivity index (χ4v) is 3.33. The summed E-state index contributed by atoms with van der Waals surface area (Å²) in [5, 5.41) is 3.14. The summed E-state index contributed by atoms with van der Waals surface area (Å²) in [7, 11) is -3.57. The van der Waals surface area contributed by atoms with Crippen molar-refractivity contribution in [1.82, 2.24) is 10.0 Å². The van der Waals surface area contributed by atoms with E-state index in [2.05, 4.69) is 32.9 Å². The third-order valence-corrected chi connectivity index (χ3v) is 4.49. The highest BCUT2D eigenvalue weighted by atomic mass is 79.9. The molecule has 0 spiro atoms. The molecule has 0 unspecified atom stereocenters. The molecule has 1 aromatic carbocycles. The highest BCUT2D eigenvalue weighted by Gasteiger charge is 2.19. The lowest BCUT2D eigenvalue weighted by Crippen LogP contribution is -2.32. The molecule has 114 valence electrons. The van der Waals surface area contributed by atoms with Gasteiger partial charge in [-0.3, -0.25) is 0 Å². The Kier molecular flexibility index (Phi) is 7.50. The SMILES string of the molecule is CCCNCCNS(=O)(=O)c1cc(Br)ccc1OCC. The zero-order chi connectivity index (χ0) is 15.0. The van der Waals surface area contributed by atoms with E-state index in [1.165, 1.54) is 0 Å². The first-order chi connectivity index (χ1) is 9.51. The minimum Gasteiger partial charge on any atom is -0.492 e. The van der Waals surface area contributed by atoms with Gasteiger partial charge in [-0.2, -0.15) is 0 Å². The van der Waals surface area contributed by atoms with Crippen molar-refractivity contribution in [2.75, 3.05) is 26.2 Å². The van der Waals surface area contributed by atoms with Gasteiger partial charge in [-0.15, -0.1) is 0 Å². The monoisotopic (exact) mass is 364 g/mol. The molecule has 7 heteroatoms. The Balaban J connectivity index is 2.77. The van der Waals surface area contributed by atoms with Crippen molar-refractivity contribution in [2.45, 2.75) is 25.2 Å². The Morgan fingerprint density at radius 1 is 1.20 bits per heavy atom. The summed E-state index contributed by atoms with van der Waals surface area (Å²) in [4.78, 5) is 0.157. The predicted octanol–water partition coefficient (Wildman–Crippen LogP) is 2.13. The fourth-order valence-electron chi connectivity index (χ4n) is 1.62. The quantitative estimate of drug-likeness (QED) is 0.658. The second-order valence-electron chi connectivity index (χ2n) is 4.17. The predicted molar refractivity (Wildman–Crippen MR) is 83.7 cm³/mol. The van der Waals surface area contributed by atoms with Gasteiger partial charge >= 0.3 is 0 Å². The van der Waals surface area contributed by atoms with Gasteiger partial charge in [0.1, 0.15) is 10.6 Å². The highest BCUT2D eigenvalue weighted by Crippen LogP contribution is 2.27. The average Bonchev–Trinajstić information content (AvgIpc) is 2.40. The maximum Gasteiger partial charge on any atom is 0.244 e. The largest absolute Gasteiger partial charge is 0.492 e. The van der Waals surface area contributed by atoms with E-state index < -0.39 is 10.0 Å². The number of sulfonamides is 1. The number of hydrogen-bond acceptors (Lipinski definition) is 4. The molecule has 0 aromatic heterocycles. The van der Waals surface area contributed by atoms with Crippen LogP contribution in [0.5, 0.6) is 5.75 Å². The zero-order valence-corrected chi connectivity index (χ0v) is 14.2. The summed E-state index contributed by atoms with van der Waals surface area (Å²) >= 11 is 3.28. The van der Waals surface area contributed by atoms with Gasteiger partial charge in [0.2, 0.25) is 10.0 Å². The maximum atomic E-state index is 12.3. The molecule has 0 aliphatic rings. The van der Waals surface area contributed by atoms with Crippen LogP contribution in [0.4, 0.5) is 0 Å². The van der Waals surface area contributed by atoms with Crippen LogP contribution in [0.15, 0.2) is 27.6 Å². The van der Waals surface area contributed by atoms with Crippen LogP contribution in [0.1, 0.15) is 20.3 Å². The molecule has 0 amide bonds. The van der Waals surface area contributed by atoms with Gasteiger partial charge < -0.3 is 10.1 Å². The minimum atomic E-state index is -3.57. The maximum absolute atomic E-state index is 12.3. The summed E-state index contributed by atoms with van der Waals surface area (Å²) in [6.45, 7) is 6.13. The molecule has 0 aliphatic carbocycles. The topological polar surface area (TPSA) is 67.4 Å². The van der Waals surface area contributed by atoms with Crippen molar-refractivity contribution in [3.05, 3.63) is 22.7 Å². The lowest BCUT2D eigenvalue weighted by atomic mass is 10.3. The number of halogens is 1. The van der Waals surface area contributed by atoms with Crippen LogP contribution in [-0.2, 0) is 10.0 Å². The summed E-state index contributed by atoms with van der Waals surface area (Å²) < 4.78 is 33.2. The van der Waals surface area contributed by atoms with Gasteiger partial charge in [0.15, 0.2) is 0 Å². The first-order valence-electron chi connectivity index (χ1n) is 6.64. The number of benzene rings is 1. The van der Waals surface area contributed by atoms with E-state index in [0.717, 1.165) is 13.0 Å². The molecular formula is C13H21BrN2O3S. The number of nitrogens with one attached hydrogen (secondary N) is 2. The molecule has 2 N–H and O–H groups in total. The van der Waals surface area contributed by atoms with Crippen LogP contribution in [-0.4, -0.2) is 34.7 Å². The lowest BCUT2D eigenvalue weighted by molar-refractivity contribution is 0.331. The van der Waals surface area contributed by atoms with Crippen LogP contribution >= 0.6 is 15.9 Å². The number of ether oxygens (including phenoxy) is 1. The number of hydrogen-bond donors (Lipinski definition) is 2. The molecule has 0 saturated carbocycles. The summed E-state index contributed by atoms with van der Waals surface area (Å²) in [5.41, 5.74) is 0. The molecule has 0 bridgehead atoms. The van der Waals surface area contributed by atoms with Gasteiger partial charge in [-0.25, -0.2) is 13.1 Å². The molecule has 0 fully saturated rings. The van der Waals surface area contributed by atoms with Crippen molar-refractivity contribution >= 4 is 26.0 Å². The van der Waals surface area contributed by atoms with E-state index in [1.807, 2.05) is 6.92 Å². The molecule has 0 radical (unpaired) electrons.